The molecule has 1 unspecified atom stereocenters. The molecule has 1 aromatic rings. The van der Waals surface area contributed by atoms with Gasteiger partial charge in [-0.1, -0.05) is 19.9 Å². The third-order valence-corrected chi connectivity index (χ3v) is 2.61. The summed E-state index contributed by atoms with van der Waals surface area (Å²) >= 11 is 0. The summed E-state index contributed by atoms with van der Waals surface area (Å²) < 4.78 is 10.00. The normalized spacial score (nSPS) is 11.9. The minimum atomic E-state index is -0.878. The topological polar surface area (TPSA) is 91.5 Å². The van der Waals surface area contributed by atoms with Crippen LogP contribution in [-0.4, -0.2) is 29.8 Å². The number of hydrogen-bond donors (Lipinski definition) is 1. The van der Waals surface area contributed by atoms with Gasteiger partial charge in [-0.25, -0.2) is 4.79 Å². The zero-order valence-electron chi connectivity index (χ0n) is 11.7. The van der Waals surface area contributed by atoms with E-state index >= 15 is 0 Å². The molecule has 6 heteroatoms. The van der Waals surface area contributed by atoms with Gasteiger partial charge in [0.2, 0.25) is 0 Å². The van der Waals surface area contributed by atoms with Crippen molar-refractivity contribution in [2.75, 3.05) is 6.61 Å². The van der Waals surface area contributed by atoms with E-state index in [2.05, 4.69) is 4.98 Å². The summed E-state index contributed by atoms with van der Waals surface area (Å²) in [4.78, 5) is 26.4. The number of nitrogens with two attached hydrogens (primary N) is 1. The number of carbonyl (C=O) groups is 2. The van der Waals surface area contributed by atoms with Crippen molar-refractivity contribution in [2.45, 2.75) is 32.8 Å². The lowest BCUT2D eigenvalue weighted by atomic mass is 10.1. The molecule has 0 bridgehead atoms. The van der Waals surface area contributed by atoms with E-state index in [1.807, 2.05) is 18.2 Å². The van der Waals surface area contributed by atoms with E-state index in [4.69, 9.17) is 15.2 Å². The first-order chi connectivity index (χ1) is 9.49. The Morgan fingerprint density at radius 2 is 2.10 bits per heavy atom. The maximum absolute atomic E-state index is 11.4. The predicted octanol–water partition coefficient (Wildman–Crippen LogP) is 1.68. The van der Waals surface area contributed by atoms with Crippen LogP contribution in [0.15, 0.2) is 24.4 Å². The Morgan fingerprint density at radius 1 is 1.35 bits per heavy atom. The molecular weight excluding hydrogens is 260 g/mol. The minimum absolute atomic E-state index is 0.00673. The molecule has 1 rings (SSSR count). The molecule has 0 aliphatic carbocycles. The number of primary amides is 1. The van der Waals surface area contributed by atoms with Crippen molar-refractivity contribution in [1.29, 1.82) is 0 Å². The monoisotopic (exact) mass is 280 g/mol. The molecule has 0 saturated carbocycles. The van der Waals surface area contributed by atoms with Crippen LogP contribution >= 0.6 is 0 Å². The highest BCUT2D eigenvalue weighted by molar-refractivity contribution is 5.71. The molecule has 20 heavy (non-hydrogen) atoms. The average molecular weight is 280 g/mol. The molecule has 0 radical (unpaired) electrons. The first-order valence-electron chi connectivity index (χ1n) is 6.51. The molecule has 1 atom stereocenters. The van der Waals surface area contributed by atoms with E-state index in [1.165, 1.54) is 0 Å². The SMILES string of the molecule is CC(C)C(=O)OCC(CCc1ccccn1)OC(N)=O. The molecular formula is C14H20N2O4. The number of pyridine rings is 1. The number of rotatable bonds is 7. The van der Waals surface area contributed by atoms with E-state index < -0.39 is 12.2 Å². The number of esters is 1. The maximum Gasteiger partial charge on any atom is 0.404 e. The van der Waals surface area contributed by atoms with Crippen LogP contribution in [0.2, 0.25) is 0 Å². The lowest BCUT2D eigenvalue weighted by Crippen LogP contribution is -2.29. The second kappa shape index (κ2) is 8.14. The zero-order chi connectivity index (χ0) is 15.0. The number of carbonyl (C=O) groups excluding carboxylic acids is 2. The Labute approximate surface area is 118 Å². The van der Waals surface area contributed by atoms with Gasteiger partial charge in [0.05, 0.1) is 5.92 Å². The number of nitrogens with zero attached hydrogens (tertiary/aromatic N) is 1. The summed E-state index contributed by atoms with van der Waals surface area (Å²) in [5.74, 6) is -0.555. The number of aryl methyl sites for hydroxylation is 1. The Hall–Kier alpha value is -2.11. The number of hydrogen-bond acceptors (Lipinski definition) is 5. The fourth-order valence-corrected chi connectivity index (χ4v) is 1.54. The first kappa shape index (κ1) is 15.9. The van der Waals surface area contributed by atoms with Gasteiger partial charge in [-0.3, -0.25) is 9.78 Å². The molecule has 0 aliphatic rings. The fourth-order valence-electron chi connectivity index (χ4n) is 1.54. The standard InChI is InChI=1S/C14H20N2O4/c1-10(2)13(17)19-9-12(20-14(15)18)7-6-11-5-3-4-8-16-11/h3-5,8,10,12H,6-7,9H2,1-2H3,(H2,15,18). The van der Waals surface area contributed by atoms with Gasteiger partial charge in [0.25, 0.3) is 0 Å². The molecule has 1 amide bonds. The van der Waals surface area contributed by atoms with E-state index in [-0.39, 0.29) is 18.5 Å². The van der Waals surface area contributed by atoms with Gasteiger partial charge in [0.15, 0.2) is 0 Å². The summed E-state index contributed by atoms with van der Waals surface area (Å²) in [6.07, 6.45) is 1.36. The smallest absolute Gasteiger partial charge is 0.404 e. The van der Waals surface area contributed by atoms with Crippen molar-refractivity contribution in [1.82, 2.24) is 4.98 Å². The third kappa shape index (κ3) is 6.17. The highest BCUT2D eigenvalue weighted by Crippen LogP contribution is 2.07. The highest BCUT2D eigenvalue weighted by Gasteiger charge is 2.17. The van der Waals surface area contributed by atoms with Gasteiger partial charge < -0.3 is 15.2 Å². The van der Waals surface area contributed by atoms with Crippen molar-refractivity contribution < 1.29 is 19.1 Å². The zero-order valence-corrected chi connectivity index (χ0v) is 11.7. The van der Waals surface area contributed by atoms with Crippen LogP contribution in [0, 0.1) is 5.92 Å². The summed E-state index contributed by atoms with van der Waals surface area (Å²) in [6.45, 7) is 3.48. The van der Waals surface area contributed by atoms with Crippen LogP contribution in [0.3, 0.4) is 0 Å². The first-order valence-corrected chi connectivity index (χ1v) is 6.51. The summed E-state index contributed by atoms with van der Waals surface area (Å²) in [7, 11) is 0. The Kier molecular flexibility index (Phi) is 6.49. The molecule has 110 valence electrons. The van der Waals surface area contributed by atoms with Crippen molar-refractivity contribution in [3.8, 4) is 0 Å². The van der Waals surface area contributed by atoms with Crippen molar-refractivity contribution >= 4 is 12.1 Å². The molecule has 1 heterocycles. The average Bonchev–Trinajstić information content (AvgIpc) is 2.42. The van der Waals surface area contributed by atoms with E-state index in [0.29, 0.717) is 12.8 Å². The van der Waals surface area contributed by atoms with Crippen LogP contribution in [0.4, 0.5) is 4.79 Å². The van der Waals surface area contributed by atoms with Crippen LogP contribution < -0.4 is 5.73 Å². The predicted molar refractivity (Wildman–Crippen MR) is 72.8 cm³/mol. The molecule has 0 aliphatic heterocycles. The Bertz CT molecular complexity index is 434. The van der Waals surface area contributed by atoms with Gasteiger partial charge in [-0.2, -0.15) is 0 Å². The number of amides is 1. The van der Waals surface area contributed by atoms with Gasteiger partial charge in [0, 0.05) is 11.9 Å². The second-order valence-corrected chi connectivity index (χ2v) is 4.70. The van der Waals surface area contributed by atoms with Crippen molar-refractivity contribution in [3.63, 3.8) is 0 Å². The molecule has 0 aromatic carbocycles. The third-order valence-electron chi connectivity index (χ3n) is 2.61. The Morgan fingerprint density at radius 3 is 2.65 bits per heavy atom. The molecule has 6 nitrogen and oxygen atoms in total. The van der Waals surface area contributed by atoms with Crippen LogP contribution in [0.5, 0.6) is 0 Å². The lowest BCUT2D eigenvalue weighted by Gasteiger charge is -2.17. The quantitative estimate of drug-likeness (QED) is 0.767. The van der Waals surface area contributed by atoms with Gasteiger partial charge in [-0.05, 0) is 25.0 Å². The van der Waals surface area contributed by atoms with Crippen LogP contribution in [-0.2, 0) is 20.7 Å². The second-order valence-electron chi connectivity index (χ2n) is 4.70. The van der Waals surface area contributed by atoms with Crippen molar-refractivity contribution in [2.24, 2.45) is 11.7 Å². The largest absolute Gasteiger partial charge is 0.462 e. The van der Waals surface area contributed by atoms with Crippen molar-refractivity contribution in [3.05, 3.63) is 30.1 Å². The summed E-state index contributed by atoms with van der Waals surface area (Å²) in [5.41, 5.74) is 5.89. The molecule has 1 aromatic heterocycles. The van der Waals surface area contributed by atoms with Gasteiger partial charge in [0.1, 0.15) is 12.7 Å². The maximum atomic E-state index is 11.4. The van der Waals surface area contributed by atoms with E-state index in [9.17, 15) is 9.59 Å². The summed E-state index contributed by atoms with van der Waals surface area (Å²) in [6, 6.07) is 5.58. The van der Waals surface area contributed by atoms with Gasteiger partial charge >= 0.3 is 12.1 Å². The van der Waals surface area contributed by atoms with Gasteiger partial charge in [-0.15, -0.1) is 0 Å². The van der Waals surface area contributed by atoms with E-state index in [0.717, 1.165) is 5.69 Å². The Balaban J connectivity index is 2.47. The number of ether oxygens (including phenoxy) is 2. The lowest BCUT2D eigenvalue weighted by molar-refractivity contribution is -0.150. The van der Waals surface area contributed by atoms with Crippen LogP contribution in [0.25, 0.3) is 0 Å². The highest BCUT2D eigenvalue weighted by atomic mass is 16.6. The van der Waals surface area contributed by atoms with Crippen LogP contribution in [0.1, 0.15) is 26.0 Å². The summed E-state index contributed by atoms with van der Waals surface area (Å²) in [5, 5.41) is 0. The van der Waals surface area contributed by atoms with E-state index in [1.54, 1.807) is 20.0 Å². The molecule has 0 spiro atoms. The fraction of sp³-hybridized carbons (Fsp3) is 0.500. The number of aromatic nitrogens is 1. The minimum Gasteiger partial charge on any atom is -0.462 e. The molecule has 2 N–H and O–H groups in total. The molecule has 0 saturated heterocycles. The molecule has 0 fully saturated rings.